The zero-order valence-electron chi connectivity index (χ0n) is 14.4. The van der Waals surface area contributed by atoms with E-state index in [-0.39, 0.29) is 6.03 Å². The predicted octanol–water partition coefficient (Wildman–Crippen LogP) is 3.26. The number of aliphatic hydroxyl groups is 1. The molecule has 0 bridgehead atoms. The molecule has 0 aliphatic rings. The first-order valence-electron chi connectivity index (χ1n) is 8.28. The van der Waals surface area contributed by atoms with Gasteiger partial charge in [0.15, 0.2) is 0 Å². The molecule has 1 atom stereocenters. The van der Waals surface area contributed by atoms with Crippen molar-refractivity contribution in [3.05, 3.63) is 54.7 Å². The summed E-state index contributed by atoms with van der Waals surface area (Å²) in [4.78, 5) is 13.7. The molecule has 1 unspecified atom stereocenters. The zero-order chi connectivity index (χ0) is 17.8. The molecule has 0 fully saturated rings. The lowest BCUT2D eigenvalue weighted by atomic mass is 10.2. The van der Waals surface area contributed by atoms with Gasteiger partial charge in [0, 0.05) is 24.7 Å². The van der Waals surface area contributed by atoms with E-state index in [1.807, 2.05) is 59.4 Å². The Balaban J connectivity index is 1.69. The second-order valence-corrected chi connectivity index (χ2v) is 6.15. The molecular weight excluding hydrogens is 316 g/mol. The number of carbonyl (C=O) groups is 1. The van der Waals surface area contributed by atoms with E-state index in [9.17, 15) is 9.90 Å². The van der Waals surface area contributed by atoms with Gasteiger partial charge in [-0.15, -0.1) is 0 Å². The van der Waals surface area contributed by atoms with Gasteiger partial charge in [0.1, 0.15) is 0 Å². The van der Waals surface area contributed by atoms with Crippen molar-refractivity contribution >= 4 is 22.6 Å². The lowest BCUT2D eigenvalue weighted by molar-refractivity contribution is 0.167. The highest BCUT2D eigenvalue weighted by molar-refractivity contribution is 5.89. The number of anilines is 1. The third kappa shape index (κ3) is 3.97. The Morgan fingerprint density at radius 2 is 1.96 bits per heavy atom. The molecule has 25 heavy (non-hydrogen) atoms. The molecule has 1 heterocycles. The molecule has 0 saturated heterocycles. The third-order valence-corrected chi connectivity index (χ3v) is 4.07. The molecule has 6 nitrogen and oxygen atoms in total. The summed E-state index contributed by atoms with van der Waals surface area (Å²) in [6.45, 7) is 2.21. The number of hydrogen-bond donors (Lipinski definition) is 2. The number of rotatable bonds is 5. The first kappa shape index (κ1) is 17.0. The van der Waals surface area contributed by atoms with E-state index >= 15 is 0 Å². The lowest BCUT2D eigenvalue weighted by Crippen LogP contribution is -2.33. The number of aliphatic hydroxyl groups excluding tert-OH is 1. The van der Waals surface area contributed by atoms with Gasteiger partial charge in [0.25, 0.3) is 0 Å². The van der Waals surface area contributed by atoms with Crippen LogP contribution < -0.4 is 5.32 Å². The van der Waals surface area contributed by atoms with Crippen molar-refractivity contribution < 1.29 is 9.90 Å². The van der Waals surface area contributed by atoms with Gasteiger partial charge in [-0.25, -0.2) is 9.48 Å². The fourth-order valence-corrected chi connectivity index (χ4v) is 2.56. The van der Waals surface area contributed by atoms with Crippen LogP contribution in [0, 0.1) is 0 Å². The van der Waals surface area contributed by atoms with Crippen molar-refractivity contribution in [1.82, 2.24) is 14.7 Å². The molecule has 6 heteroatoms. The fourth-order valence-electron chi connectivity index (χ4n) is 2.56. The molecule has 3 aromatic rings. The number of urea groups is 1. The van der Waals surface area contributed by atoms with E-state index < -0.39 is 6.10 Å². The van der Waals surface area contributed by atoms with Crippen LogP contribution in [-0.2, 0) is 0 Å². The molecule has 0 saturated carbocycles. The number of para-hydroxylation sites is 1. The molecule has 0 spiro atoms. The summed E-state index contributed by atoms with van der Waals surface area (Å²) in [5.74, 6) is 0. The number of nitrogens with zero attached hydrogens (tertiary/aromatic N) is 3. The van der Waals surface area contributed by atoms with Gasteiger partial charge in [-0.05, 0) is 43.7 Å². The van der Waals surface area contributed by atoms with Crippen molar-refractivity contribution in [3.63, 3.8) is 0 Å². The third-order valence-electron chi connectivity index (χ3n) is 4.07. The topological polar surface area (TPSA) is 70.4 Å². The SMILES string of the molecule is CC(O)CCN(C)C(=O)Nc1ccc(-n2ncc3ccccc32)cc1. The first-order chi connectivity index (χ1) is 12.0. The van der Waals surface area contributed by atoms with E-state index in [0.717, 1.165) is 16.6 Å². The molecule has 2 N–H and O–H groups in total. The highest BCUT2D eigenvalue weighted by Gasteiger charge is 2.10. The quantitative estimate of drug-likeness (QED) is 0.750. The van der Waals surface area contributed by atoms with Crippen LogP contribution in [0.4, 0.5) is 10.5 Å². The Morgan fingerprint density at radius 1 is 1.24 bits per heavy atom. The van der Waals surface area contributed by atoms with Gasteiger partial charge in [-0.2, -0.15) is 5.10 Å². The fraction of sp³-hybridized carbons (Fsp3) is 0.263. The molecule has 2 aromatic carbocycles. The minimum atomic E-state index is -0.418. The zero-order valence-corrected chi connectivity index (χ0v) is 14.4. The van der Waals surface area contributed by atoms with Crippen LogP contribution >= 0.6 is 0 Å². The molecule has 0 aliphatic heterocycles. The maximum absolute atomic E-state index is 12.1. The van der Waals surface area contributed by atoms with Gasteiger partial charge in [0.05, 0.1) is 23.5 Å². The van der Waals surface area contributed by atoms with Crippen LogP contribution in [0.5, 0.6) is 0 Å². The van der Waals surface area contributed by atoms with E-state index in [1.54, 1.807) is 18.9 Å². The maximum atomic E-state index is 12.1. The highest BCUT2D eigenvalue weighted by Crippen LogP contribution is 2.19. The number of fused-ring (bicyclic) bond motifs is 1. The normalized spacial score (nSPS) is 12.1. The maximum Gasteiger partial charge on any atom is 0.321 e. The second-order valence-electron chi connectivity index (χ2n) is 6.15. The van der Waals surface area contributed by atoms with Gasteiger partial charge >= 0.3 is 6.03 Å². The Labute approximate surface area is 146 Å². The Morgan fingerprint density at radius 3 is 2.68 bits per heavy atom. The van der Waals surface area contributed by atoms with Gasteiger partial charge in [0.2, 0.25) is 0 Å². The van der Waals surface area contributed by atoms with Crippen molar-refractivity contribution in [2.24, 2.45) is 0 Å². The average Bonchev–Trinajstić information content (AvgIpc) is 3.04. The molecular formula is C19H22N4O2. The minimum absolute atomic E-state index is 0.196. The van der Waals surface area contributed by atoms with Crippen molar-refractivity contribution in [2.45, 2.75) is 19.4 Å². The lowest BCUT2D eigenvalue weighted by Gasteiger charge is -2.18. The number of hydrogen-bond acceptors (Lipinski definition) is 3. The van der Waals surface area contributed by atoms with Gasteiger partial charge in [-0.1, -0.05) is 18.2 Å². The summed E-state index contributed by atoms with van der Waals surface area (Å²) in [6, 6.07) is 15.4. The summed E-state index contributed by atoms with van der Waals surface area (Å²) in [5, 5.41) is 17.7. The number of amides is 2. The summed E-state index contributed by atoms with van der Waals surface area (Å²) in [5.41, 5.74) is 2.69. The van der Waals surface area contributed by atoms with Crippen LogP contribution in [0.3, 0.4) is 0 Å². The van der Waals surface area contributed by atoms with E-state index in [0.29, 0.717) is 18.7 Å². The van der Waals surface area contributed by atoms with Crippen LogP contribution in [-0.4, -0.2) is 45.5 Å². The highest BCUT2D eigenvalue weighted by atomic mass is 16.3. The summed E-state index contributed by atoms with van der Waals surface area (Å²) in [6.07, 6.45) is 1.97. The minimum Gasteiger partial charge on any atom is -0.393 e. The molecule has 3 rings (SSSR count). The average molecular weight is 338 g/mol. The number of carbonyl (C=O) groups excluding carboxylic acids is 1. The Kier molecular flexibility index (Phi) is 5.00. The smallest absolute Gasteiger partial charge is 0.321 e. The molecule has 1 aromatic heterocycles. The molecule has 130 valence electrons. The number of benzene rings is 2. The Bertz CT molecular complexity index is 855. The van der Waals surface area contributed by atoms with Crippen molar-refractivity contribution in [1.29, 1.82) is 0 Å². The van der Waals surface area contributed by atoms with Crippen LogP contribution in [0.2, 0.25) is 0 Å². The van der Waals surface area contributed by atoms with Crippen LogP contribution in [0.15, 0.2) is 54.7 Å². The van der Waals surface area contributed by atoms with E-state index in [4.69, 9.17) is 0 Å². The number of nitrogens with one attached hydrogen (secondary N) is 1. The van der Waals surface area contributed by atoms with Crippen LogP contribution in [0.25, 0.3) is 16.6 Å². The van der Waals surface area contributed by atoms with Crippen LogP contribution in [0.1, 0.15) is 13.3 Å². The van der Waals surface area contributed by atoms with Gasteiger partial charge < -0.3 is 15.3 Å². The summed E-state index contributed by atoms with van der Waals surface area (Å²) < 4.78 is 1.87. The second kappa shape index (κ2) is 7.36. The largest absolute Gasteiger partial charge is 0.393 e. The summed E-state index contributed by atoms with van der Waals surface area (Å²) in [7, 11) is 1.71. The Hall–Kier alpha value is -2.86. The molecule has 0 aliphatic carbocycles. The standard InChI is InChI=1S/C19H22N4O2/c1-14(24)11-12-22(2)19(25)21-16-7-9-17(10-8-16)23-18-6-4-3-5-15(18)13-20-23/h3-10,13-14,24H,11-12H2,1-2H3,(H,21,25). The van der Waals surface area contributed by atoms with Gasteiger partial charge in [-0.3, -0.25) is 0 Å². The molecule has 2 amide bonds. The summed E-state index contributed by atoms with van der Waals surface area (Å²) >= 11 is 0. The van der Waals surface area contributed by atoms with Crippen molar-refractivity contribution in [2.75, 3.05) is 18.9 Å². The monoisotopic (exact) mass is 338 g/mol. The van der Waals surface area contributed by atoms with E-state index in [2.05, 4.69) is 10.4 Å². The van der Waals surface area contributed by atoms with E-state index in [1.165, 1.54) is 0 Å². The molecule has 0 radical (unpaired) electrons. The predicted molar refractivity (Wildman–Crippen MR) is 99.0 cm³/mol. The number of aromatic nitrogens is 2. The first-order valence-corrected chi connectivity index (χ1v) is 8.28. The van der Waals surface area contributed by atoms with Crippen molar-refractivity contribution in [3.8, 4) is 5.69 Å².